The van der Waals surface area contributed by atoms with E-state index in [9.17, 15) is 9.90 Å². The molecule has 0 saturated heterocycles. The van der Waals surface area contributed by atoms with Gasteiger partial charge in [-0.3, -0.25) is 4.79 Å². The van der Waals surface area contributed by atoms with Gasteiger partial charge in [0.25, 0.3) is 5.91 Å². The number of rotatable bonds is 5. The zero-order chi connectivity index (χ0) is 21.4. The zero-order valence-electron chi connectivity index (χ0n) is 17.3. The van der Waals surface area contributed by atoms with Crippen LogP contribution in [0.2, 0.25) is 0 Å². The summed E-state index contributed by atoms with van der Waals surface area (Å²) < 4.78 is 2.95. The standard InChI is InChI=1S/C24H24N4O2S/c1-15-12-20-23(31-15)17(13-16-6-8-18(9-7-16)28-11-3-10-25-28)14-21(26-20)24(30)27-19-4-2-5-22(19)29/h3,6-12,14,19,22,29H,2,4-5,13H2,1H3,(H,27,30)/t19-,22-/m0/s1. The van der Waals surface area contributed by atoms with E-state index in [-0.39, 0.29) is 11.9 Å². The van der Waals surface area contributed by atoms with Crippen molar-refractivity contribution in [2.75, 3.05) is 0 Å². The van der Waals surface area contributed by atoms with Crippen LogP contribution in [0.15, 0.2) is 54.9 Å². The Morgan fingerprint density at radius 1 is 1.26 bits per heavy atom. The van der Waals surface area contributed by atoms with Gasteiger partial charge in [0.15, 0.2) is 0 Å². The van der Waals surface area contributed by atoms with Crippen molar-refractivity contribution in [3.05, 3.63) is 76.6 Å². The predicted molar refractivity (Wildman–Crippen MR) is 122 cm³/mol. The average molecular weight is 433 g/mol. The lowest BCUT2D eigenvalue weighted by atomic mass is 10.0. The number of carbonyl (C=O) groups excluding carboxylic acids is 1. The molecule has 158 valence electrons. The number of pyridine rings is 1. The summed E-state index contributed by atoms with van der Waals surface area (Å²) in [6.07, 6.45) is 6.40. The molecule has 3 heterocycles. The summed E-state index contributed by atoms with van der Waals surface area (Å²) >= 11 is 1.70. The lowest BCUT2D eigenvalue weighted by molar-refractivity contribution is 0.0868. The molecule has 1 aromatic carbocycles. The monoisotopic (exact) mass is 432 g/mol. The molecule has 0 aliphatic heterocycles. The maximum atomic E-state index is 12.9. The molecule has 1 fully saturated rings. The maximum absolute atomic E-state index is 12.9. The predicted octanol–water partition coefficient (Wildman–Crippen LogP) is 4.02. The first-order valence-corrected chi connectivity index (χ1v) is 11.4. The maximum Gasteiger partial charge on any atom is 0.270 e. The van der Waals surface area contributed by atoms with Crippen molar-refractivity contribution < 1.29 is 9.90 Å². The van der Waals surface area contributed by atoms with Gasteiger partial charge in [-0.2, -0.15) is 5.10 Å². The van der Waals surface area contributed by atoms with Crippen LogP contribution in [0, 0.1) is 6.92 Å². The molecule has 0 radical (unpaired) electrons. The summed E-state index contributed by atoms with van der Waals surface area (Å²) in [7, 11) is 0. The van der Waals surface area contributed by atoms with Gasteiger partial charge >= 0.3 is 0 Å². The fraction of sp³-hybridized carbons (Fsp3) is 0.292. The molecule has 6 nitrogen and oxygen atoms in total. The lowest BCUT2D eigenvalue weighted by Gasteiger charge is -2.16. The molecule has 7 heteroatoms. The smallest absolute Gasteiger partial charge is 0.270 e. The molecule has 0 spiro atoms. The van der Waals surface area contributed by atoms with Crippen molar-refractivity contribution in [1.82, 2.24) is 20.1 Å². The molecule has 2 atom stereocenters. The number of nitrogens with one attached hydrogen (secondary N) is 1. The first-order chi connectivity index (χ1) is 15.1. The highest BCUT2D eigenvalue weighted by Gasteiger charge is 2.27. The fourth-order valence-electron chi connectivity index (χ4n) is 4.21. The SMILES string of the molecule is Cc1cc2nc(C(=O)N[C@H]3CCC[C@@H]3O)cc(Cc3ccc(-n4cccn4)cc3)c2s1. The van der Waals surface area contributed by atoms with Crippen molar-refractivity contribution in [3.8, 4) is 5.69 Å². The minimum atomic E-state index is -0.469. The Balaban J connectivity index is 1.44. The molecule has 1 amide bonds. The van der Waals surface area contributed by atoms with Crippen LogP contribution in [0.5, 0.6) is 0 Å². The van der Waals surface area contributed by atoms with Gasteiger partial charge in [0.1, 0.15) is 5.69 Å². The van der Waals surface area contributed by atoms with Gasteiger partial charge < -0.3 is 10.4 Å². The zero-order valence-corrected chi connectivity index (χ0v) is 18.1. The summed E-state index contributed by atoms with van der Waals surface area (Å²) in [5.74, 6) is -0.216. The van der Waals surface area contributed by atoms with E-state index < -0.39 is 6.10 Å². The first kappa shape index (κ1) is 19.9. The van der Waals surface area contributed by atoms with Crippen LogP contribution in [0.4, 0.5) is 0 Å². The number of aryl methyl sites for hydroxylation is 1. The number of hydrogen-bond donors (Lipinski definition) is 2. The Morgan fingerprint density at radius 3 is 2.81 bits per heavy atom. The summed E-state index contributed by atoms with van der Waals surface area (Å²) in [4.78, 5) is 18.7. The third kappa shape index (κ3) is 4.11. The quantitative estimate of drug-likeness (QED) is 0.499. The number of amides is 1. The van der Waals surface area contributed by atoms with Crippen LogP contribution in [0.1, 0.15) is 45.8 Å². The topological polar surface area (TPSA) is 80.0 Å². The van der Waals surface area contributed by atoms with E-state index in [4.69, 9.17) is 0 Å². The van der Waals surface area contributed by atoms with Crippen molar-refractivity contribution in [2.45, 2.75) is 44.8 Å². The number of aliphatic hydroxyl groups is 1. The summed E-state index contributed by atoms with van der Waals surface area (Å²) in [5.41, 5.74) is 4.52. The number of nitrogens with zero attached hydrogens (tertiary/aromatic N) is 3. The summed E-state index contributed by atoms with van der Waals surface area (Å²) in [6.45, 7) is 2.06. The van der Waals surface area contributed by atoms with Crippen molar-refractivity contribution in [1.29, 1.82) is 0 Å². The number of benzene rings is 1. The van der Waals surface area contributed by atoms with Crippen molar-refractivity contribution in [3.63, 3.8) is 0 Å². The molecule has 1 aliphatic rings. The normalized spacial score (nSPS) is 18.5. The highest BCUT2D eigenvalue weighted by atomic mass is 32.1. The molecule has 3 aromatic heterocycles. The largest absolute Gasteiger partial charge is 0.391 e. The van der Waals surface area contributed by atoms with E-state index in [1.807, 2.05) is 29.1 Å². The van der Waals surface area contributed by atoms with Crippen LogP contribution in [0.25, 0.3) is 15.9 Å². The number of aliphatic hydroxyl groups excluding tert-OH is 1. The van der Waals surface area contributed by atoms with E-state index in [0.717, 1.165) is 46.3 Å². The van der Waals surface area contributed by atoms with E-state index >= 15 is 0 Å². The lowest BCUT2D eigenvalue weighted by Crippen LogP contribution is -2.40. The minimum Gasteiger partial charge on any atom is -0.391 e. The molecule has 0 bridgehead atoms. The van der Waals surface area contributed by atoms with Gasteiger partial charge in [-0.1, -0.05) is 12.1 Å². The summed E-state index contributed by atoms with van der Waals surface area (Å²) in [6, 6.07) is 13.9. The molecular weight excluding hydrogens is 408 g/mol. The molecular formula is C24H24N4O2S. The first-order valence-electron chi connectivity index (χ1n) is 10.5. The third-order valence-electron chi connectivity index (χ3n) is 5.81. The molecule has 1 aliphatic carbocycles. The Bertz CT molecular complexity index is 1210. The number of carbonyl (C=O) groups is 1. The summed E-state index contributed by atoms with van der Waals surface area (Å²) in [5, 5.41) is 17.3. The number of thiophene rings is 1. The Kier molecular flexibility index (Phi) is 5.29. The Hall–Kier alpha value is -3.03. The van der Waals surface area contributed by atoms with E-state index in [0.29, 0.717) is 12.1 Å². The van der Waals surface area contributed by atoms with E-state index in [1.54, 1.807) is 17.5 Å². The molecule has 2 N–H and O–H groups in total. The number of hydrogen-bond acceptors (Lipinski definition) is 5. The second kappa shape index (κ2) is 8.24. The second-order valence-electron chi connectivity index (χ2n) is 8.11. The number of fused-ring (bicyclic) bond motifs is 1. The van der Waals surface area contributed by atoms with Crippen LogP contribution in [-0.2, 0) is 6.42 Å². The molecule has 5 rings (SSSR count). The third-order valence-corrected chi connectivity index (χ3v) is 6.92. The van der Waals surface area contributed by atoms with Gasteiger partial charge in [0.05, 0.1) is 28.0 Å². The molecule has 1 saturated carbocycles. The molecule has 0 unspecified atom stereocenters. The Labute approximate surface area is 184 Å². The second-order valence-corrected chi connectivity index (χ2v) is 9.37. The fourth-order valence-corrected chi connectivity index (χ4v) is 5.18. The average Bonchev–Trinajstić information content (AvgIpc) is 3.50. The highest BCUT2D eigenvalue weighted by molar-refractivity contribution is 7.19. The Morgan fingerprint density at radius 2 is 2.10 bits per heavy atom. The van der Waals surface area contributed by atoms with Gasteiger partial charge in [-0.05, 0) is 74.1 Å². The minimum absolute atomic E-state index is 0.188. The van der Waals surface area contributed by atoms with Crippen molar-refractivity contribution in [2.24, 2.45) is 0 Å². The van der Waals surface area contributed by atoms with Crippen LogP contribution in [0.3, 0.4) is 0 Å². The van der Waals surface area contributed by atoms with E-state index in [1.165, 1.54) is 4.88 Å². The van der Waals surface area contributed by atoms with Gasteiger partial charge in [-0.25, -0.2) is 9.67 Å². The van der Waals surface area contributed by atoms with Gasteiger partial charge in [0, 0.05) is 17.3 Å². The number of aromatic nitrogens is 3. The van der Waals surface area contributed by atoms with Crippen molar-refractivity contribution >= 4 is 27.5 Å². The van der Waals surface area contributed by atoms with Crippen LogP contribution >= 0.6 is 11.3 Å². The van der Waals surface area contributed by atoms with Gasteiger partial charge in [0.2, 0.25) is 0 Å². The molecule has 31 heavy (non-hydrogen) atoms. The van der Waals surface area contributed by atoms with Crippen LogP contribution in [-0.4, -0.2) is 37.9 Å². The molecule has 4 aromatic rings. The highest BCUT2D eigenvalue weighted by Crippen LogP contribution is 2.30. The van der Waals surface area contributed by atoms with Crippen LogP contribution < -0.4 is 5.32 Å². The van der Waals surface area contributed by atoms with Gasteiger partial charge in [-0.15, -0.1) is 11.3 Å². The van der Waals surface area contributed by atoms with E-state index in [2.05, 4.69) is 46.6 Å².